The first kappa shape index (κ1) is 18.8. The van der Waals surface area contributed by atoms with Crippen LogP contribution in [0.3, 0.4) is 0 Å². The molecule has 0 aromatic carbocycles. The molecule has 1 aromatic rings. The van der Waals surface area contributed by atoms with Gasteiger partial charge in [0, 0.05) is 49.5 Å². The maximum atomic E-state index is 12.4. The Bertz CT molecular complexity index is 727. The molecule has 3 aliphatic heterocycles. The van der Waals surface area contributed by atoms with Crippen LogP contribution in [-0.2, 0) is 16.1 Å². The van der Waals surface area contributed by atoms with Gasteiger partial charge >= 0.3 is 5.00 Å². The summed E-state index contributed by atoms with van der Waals surface area (Å²) in [7, 11) is 0. The van der Waals surface area contributed by atoms with Crippen molar-refractivity contribution in [2.24, 2.45) is 17.8 Å². The van der Waals surface area contributed by atoms with Crippen molar-refractivity contribution in [3.05, 3.63) is 27.1 Å². The minimum absolute atomic E-state index is 0.0398. The summed E-state index contributed by atoms with van der Waals surface area (Å²) in [5.74, 6) is -0.347. The van der Waals surface area contributed by atoms with E-state index in [4.69, 9.17) is 9.84 Å². The van der Waals surface area contributed by atoms with Gasteiger partial charge in [0.1, 0.15) is 0 Å². The molecule has 3 fully saturated rings. The number of carbonyl (C=O) groups is 1. The number of nitro groups is 1. The molecule has 148 valence electrons. The Morgan fingerprint density at radius 1 is 1.44 bits per heavy atom. The van der Waals surface area contributed by atoms with Gasteiger partial charge < -0.3 is 20.3 Å². The zero-order valence-corrected chi connectivity index (χ0v) is 15.5. The third kappa shape index (κ3) is 3.47. The van der Waals surface area contributed by atoms with E-state index in [2.05, 4.69) is 10.2 Å². The van der Waals surface area contributed by atoms with Gasteiger partial charge in [-0.05, 0) is 12.0 Å². The van der Waals surface area contributed by atoms with Gasteiger partial charge in [-0.2, -0.15) is 0 Å². The summed E-state index contributed by atoms with van der Waals surface area (Å²) in [6, 6.07) is 1.59. The van der Waals surface area contributed by atoms with E-state index in [-0.39, 0.29) is 58.9 Å². The van der Waals surface area contributed by atoms with E-state index in [1.807, 2.05) is 0 Å². The molecule has 6 atom stereocenters. The Kier molecular flexibility index (Phi) is 5.17. The Balaban J connectivity index is 1.44. The fraction of sp³-hybridized carbons (Fsp3) is 0.706. The average molecular weight is 397 g/mol. The summed E-state index contributed by atoms with van der Waals surface area (Å²) in [4.78, 5) is 25.1. The van der Waals surface area contributed by atoms with E-state index in [1.165, 1.54) is 0 Å². The van der Waals surface area contributed by atoms with Gasteiger partial charge in [-0.3, -0.25) is 19.8 Å². The second kappa shape index (κ2) is 7.44. The first-order valence-corrected chi connectivity index (χ1v) is 10.0. The maximum absolute atomic E-state index is 12.4. The summed E-state index contributed by atoms with van der Waals surface area (Å²) in [5, 5.41) is 35.1. The van der Waals surface area contributed by atoms with E-state index in [9.17, 15) is 20.0 Å². The van der Waals surface area contributed by atoms with Crippen LogP contribution in [0, 0.1) is 27.9 Å². The third-order valence-electron chi connectivity index (χ3n) is 5.92. The number of likely N-dealkylation sites (tertiary alicyclic amines) is 1. The Morgan fingerprint density at radius 2 is 2.22 bits per heavy atom. The van der Waals surface area contributed by atoms with Crippen LogP contribution in [0.1, 0.15) is 12.0 Å². The van der Waals surface area contributed by atoms with Crippen molar-refractivity contribution in [2.75, 3.05) is 26.2 Å². The summed E-state index contributed by atoms with van der Waals surface area (Å²) >= 11 is 1.12. The molecule has 3 N–H and O–H groups in total. The minimum atomic E-state index is -0.608. The zero-order valence-electron chi connectivity index (χ0n) is 14.7. The molecule has 4 rings (SSSR count). The van der Waals surface area contributed by atoms with E-state index >= 15 is 0 Å². The standard InChI is InChI=1S/C17H23N3O6S/c21-2-1-18-17(23)10-4-13-15(22)11-6-19(7-12(11)16(10)26-13)5-9-3-14(20(24)25)27-8-9/h3,8,10-13,15-16,21-22H,1-2,4-7H2,(H,18,23)/t10?,11-,12+,13+,15+,16-/m1/s1. The van der Waals surface area contributed by atoms with Crippen LogP contribution >= 0.6 is 11.3 Å². The molecule has 3 aliphatic rings. The van der Waals surface area contributed by atoms with E-state index in [1.54, 1.807) is 11.4 Å². The van der Waals surface area contributed by atoms with Crippen molar-refractivity contribution in [3.63, 3.8) is 0 Å². The van der Waals surface area contributed by atoms with Gasteiger partial charge in [0.25, 0.3) is 0 Å². The molecule has 10 heteroatoms. The molecule has 4 heterocycles. The number of nitrogens with one attached hydrogen (secondary N) is 1. The van der Waals surface area contributed by atoms with Gasteiger partial charge in [0.15, 0.2) is 0 Å². The predicted molar refractivity (Wildman–Crippen MR) is 96.1 cm³/mol. The summed E-state index contributed by atoms with van der Waals surface area (Å²) < 4.78 is 5.98. The predicted octanol–water partition coefficient (Wildman–Crippen LogP) is -0.0390. The highest BCUT2D eigenvalue weighted by Gasteiger charge is 2.57. The number of rotatable bonds is 6. The first-order chi connectivity index (χ1) is 13.0. The molecule has 0 spiro atoms. The lowest BCUT2D eigenvalue weighted by atomic mass is 9.83. The van der Waals surface area contributed by atoms with E-state index < -0.39 is 6.10 Å². The van der Waals surface area contributed by atoms with Gasteiger partial charge in [-0.1, -0.05) is 11.3 Å². The lowest BCUT2D eigenvalue weighted by Crippen LogP contribution is -2.47. The second-order valence-corrected chi connectivity index (χ2v) is 8.45. The van der Waals surface area contributed by atoms with Crippen molar-refractivity contribution in [2.45, 2.75) is 31.3 Å². The molecular weight excluding hydrogens is 374 g/mol. The third-order valence-corrected chi connectivity index (χ3v) is 6.85. The van der Waals surface area contributed by atoms with Gasteiger partial charge in [-0.25, -0.2) is 0 Å². The van der Waals surface area contributed by atoms with Crippen molar-refractivity contribution >= 4 is 22.2 Å². The number of carbonyl (C=O) groups excluding carboxylic acids is 1. The van der Waals surface area contributed by atoms with E-state index in [0.717, 1.165) is 16.9 Å². The number of fused-ring (bicyclic) bond motifs is 4. The smallest absolute Gasteiger partial charge is 0.324 e. The molecule has 0 radical (unpaired) electrons. The average Bonchev–Trinajstić information content (AvgIpc) is 3.35. The normalized spacial score (nSPS) is 35.2. The number of hydrogen-bond acceptors (Lipinski definition) is 8. The fourth-order valence-electron chi connectivity index (χ4n) is 4.78. The molecule has 1 aromatic heterocycles. The van der Waals surface area contributed by atoms with Crippen LogP contribution in [0.4, 0.5) is 5.00 Å². The van der Waals surface area contributed by atoms with Crippen molar-refractivity contribution < 1.29 is 24.7 Å². The van der Waals surface area contributed by atoms with Crippen LogP contribution in [0.2, 0.25) is 0 Å². The van der Waals surface area contributed by atoms with Gasteiger partial charge in [-0.15, -0.1) is 0 Å². The Hall–Kier alpha value is -1.59. The van der Waals surface area contributed by atoms with Crippen molar-refractivity contribution in [1.29, 1.82) is 0 Å². The van der Waals surface area contributed by atoms with Crippen LogP contribution in [0.5, 0.6) is 0 Å². The Labute approximate surface area is 160 Å². The number of ether oxygens (including phenoxy) is 1. The van der Waals surface area contributed by atoms with Crippen molar-refractivity contribution in [1.82, 2.24) is 10.2 Å². The highest BCUT2D eigenvalue weighted by atomic mass is 32.1. The minimum Gasteiger partial charge on any atom is -0.395 e. The topological polar surface area (TPSA) is 125 Å². The molecule has 1 unspecified atom stereocenters. The summed E-state index contributed by atoms with van der Waals surface area (Å²) in [6.45, 7) is 2.07. The van der Waals surface area contributed by atoms with Crippen LogP contribution < -0.4 is 5.32 Å². The SMILES string of the molecule is O=C(NCCO)C1C[C@@H]2O[C@H]1[C@H]1CN(Cc3csc([N+](=O)[O-])c3)C[C@H]1[C@@H]2O. The lowest BCUT2D eigenvalue weighted by Gasteiger charge is -2.36. The molecule has 0 saturated carbocycles. The number of nitrogens with zero attached hydrogens (tertiary/aromatic N) is 2. The molecule has 9 nitrogen and oxygen atoms in total. The number of hydrogen-bond donors (Lipinski definition) is 3. The number of aliphatic hydroxyl groups is 2. The van der Waals surface area contributed by atoms with Crippen LogP contribution in [0.15, 0.2) is 11.4 Å². The first-order valence-electron chi connectivity index (χ1n) is 9.14. The molecule has 27 heavy (non-hydrogen) atoms. The highest BCUT2D eigenvalue weighted by Crippen LogP contribution is 2.47. The number of amides is 1. The maximum Gasteiger partial charge on any atom is 0.324 e. The summed E-state index contributed by atoms with van der Waals surface area (Å²) in [6.07, 6.45) is -0.664. The molecular formula is C17H23N3O6S. The summed E-state index contributed by atoms with van der Waals surface area (Å²) in [5.41, 5.74) is 0.892. The second-order valence-electron chi connectivity index (χ2n) is 7.56. The highest BCUT2D eigenvalue weighted by molar-refractivity contribution is 7.13. The molecule has 1 amide bonds. The quantitative estimate of drug-likeness (QED) is 0.454. The largest absolute Gasteiger partial charge is 0.395 e. The molecule has 3 saturated heterocycles. The molecule has 0 aliphatic carbocycles. The van der Waals surface area contributed by atoms with Crippen LogP contribution in [0.25, 0.3) is 0 Å². The van der Waals surface area contributed by atoms with Gasteiger partial charge in [0.2, 0.25) is 5.91 Å². The fourth-order valence-corrected chi connectivity index (χ4v) is 5.50. The lowest BCUT2D eigenvalue weighted by molar-refractivity contribution is -0.380. The van der Waals surface area contributed by atoms with Crippen molar-refractivity contribution in [3.8, 4) is 0 Å². The monoisotopic (exact) mass is 397 g/mol. The van der Waals surface area contributed by atoms with Gasteiger partial charge in [0.05, 0.1) is 35.8 Å². The van der Waals surface area contributed by atoms with E-state index in [0.29, 0.717) is 26.1 Å². The number of thiophene rings is 1. The Morgan fingerprint density at radius 3 is 2.93 bits per heavy atom. The zero-order chi connectivity index (χ0) is 19.1. The molecule has 2 bridgehead atoms. The number of aliphatic hydroxyl groups excluding tert-OH is 2. The van der Waals surface area contributed by atoms with Crippen LogP contribution in [-0.4, -0.2) is 70.5 Å².